The molecule has 1 nitrogen and oxygen atoms in total. The predicted molar refractivity (Wildman–Crippen MR) is 38.9 cm³/mol. The fourth-order valence-corrected chi connectivity index (χ4v) is 0.477. The number of rotatable bonds is 0. The van der Waals surface area contributed by atoms with Crippen molar-refractivity contribution in [1.29, 1.82) is 0 Å². The summed E-state index contributed by atoms with van der Waals surface area (Å²) in [5.41, 5.74) is 0. The molecule has 0 aliphatic heterocycles. The molecule has 0 heterocycles. The Morgan fingerprint density at radius 2 is 1.50 bits per heavy atom. The molecule has 0 saturated carbocycles. The van der Waals surface area contributed by atoms with Gasteiger partial charge in [-0.3, -0.25) is 4.79 Å². The lowest BCUT2D eigenvalue weighted by Crippen LogP contribution is -1.86. The van der Waals surface area contributed by atoms with Crippen LogP contribution in [0, 0.1) is 17.5 Å². The van der Waals surface area contributed by atoms with Gasteiger partial charge in [-0.05, 0) is 23.7 Å². The van der Waals surface area contributed by atoms with Gasteiger partial charge in [0.1, 0.15) is 0 Å². The van der Waals surface area contributed by atoms with Gasteiger partial charge < -0.3 is 0 Å². The Labute approximate surface area is 71.8 Å². The number of halogens is 4. The lowest BCUT2D eigenvalue weighted by molar-refractivity contribution is 0.447. The molecule has 5 heteroatoms. The molecule has 1 aromatic carbocycles. The third-order valence-corrected chi connectivity index (χ3v) is 0.904. The van der Waals surface area contributed by atoms with Gasteiger partial charge in [0.25, 0.3) is 0 Å². The summed E-state index contributed by atoms with van der Waals surface area (Å²) in [4.78, 5) is 8.57. The molecule has 0 unspecified atom stereocenters. The Morgan fingerprint density at radius 1 is 1.17 bits per heavy atom. The monoisotopic (exact) mass is 196 g/mol. The molecule has 0 aromatic heterocycles. The summed E-state index contributed by atoms with van der Waals surface area (Å²) in [6.45, 7) is 0. The fourth-order valence-electron chi connectivity index (χ4n) is 0.477. The van der Waals surface area contributed by atoms with E-state index in [0.717, 1.165) is 18.2 Å². The molecule has 0 spiro atoms. The van der Waals surface area contributed by atoms with Crippen LogP contribution in [0.4, 0.5) is 13.2 Å². The molecule has 0 aliphatic carbocycles. The molecule has 1 rings (SSSR count). The Kier molecular flexibility index (Phi) is 5.12. The quantitative estimate of drug-likeness (QED) is 0.354. The van der Waals surface area contributed by atoms with Crippen molar-refractivity contribution in [2.24, 2.45) is 0 Å². The van der Waals surface area contributed by atoms with Crippen molar-refractivity contribution in [2.75, 3.05) is 0 Å². The van der Waals surface area contributed by atoms with Gasteiger partial charge in [-0.2, -0.15) is 0 Å². The van der Waals surface area contributed by atoms with Crippen molar-refractivity contribution in [2.45, 2.75) is 0 Å². The second kappa shape index (κ2) is 5.60. The van der Waals surface area contributed by atoms with Gasteiger partial charge in [-0.25, -0.2) is 13.2 Å². The van der Waals surface area contributed by atoms with Crippen LogP contribution in [0.3, 0.4) is 0 Å². The molecule has 0 amide bonds. The van der Waals surface area contributed by atoms with Crippen molar-refractivity contribution >= 4 is 17.3 Å². The normalized spacial score (nSPS) is 8.33. The van der Waals surface area contributed by atoms with E-state index in [-0.39, 0.29) is 5.75 Å². The van der Waals surface area contributed by atoms with E-state index in [1.807, 2.05) is 0 Å². The first-order valence-electron chi connectivity index (χ1n) is 2.76. The summed E-state index contributed by atoms with van der Waals surface area (Å²) in [6, 6.07) is 2.82. The summed E-state index contributed by atoms with van der Waals surface area (Å²) in [6.07, 6.45) is 0. The Bertz CT molecular complexity index is 245. The van der Waals surface area contributed by atoms with Crippen molar-refractivity contribution in [3.05, 3.63) is 35.7 Å². The minimum Gasteiger partial charge on any atom is -0.285 e. The topological polar surface area (TPSA) is 17.1 Å². The molecule has 0 aliphatic rings. The van der Waals surface area contributed by atoms with Crippen molar-refractivity contribution in [3.63, 3.8) is 0 Å². The van der Waals surface area contributed by atoms with Crippen molar-refractivity contribution in [3.8, 4) is 0 Å². The maximum atomic E-state index is 12.0. The van der Waals surface area contributed by atoms with E-state index in [1.165, 1.54) is 0 Å². The summed E-state index contributed by atoms with van der Waals surface area (Å²) in [5, 5.41) is 0. The number of hydrogen-bond acceptors (Lipinski definition) is 1. The molecule has 1 aromatic rings. The molecule has 66 valence electrons. The van der Waals surface area contributed by atoms with Crippen LogP contribution in [-0.4, -0.2) is 5.75 Å². The van der Waals surface area contributed by atoms with Crippen LogP contribution in [0.1, 0.15) is 0 Å². The first-order chi connectivity index (χ1) is 5.63. The summed E-state index contributed by atoms with van der Waals surface area (Å²) >= 11 is 4.32. The first-order valence-corrected chi connectivity index (χ1v) is 3.20. The van der Waals surface area contributed by atoms with Crippen LogP contribution < -0.4 is 0 Å². The van der Waals surface area contributed by atoms with E-state index in [2.05, 4.69) is 11.6 Å². The zero-order chi connectivity index (χ0) is 9.56. The molecule has 0 atom stereocenters. The van der Waals surface area contributed by atoms with Crippen LogP contribution in [0.15, 0.2) is 18.2 Å². The van der Waals surface area contributed by atoms with Gasteiger partial charge in [0.15, 0.2) is 17.5 Å². The lowest BCUT2D eigenvalue weighted by atomic mass is 10.3. The third kappa shape index (κ3) is 3.39. The van der Waals surface area contributed by atoms with Crippen LogP contribution in [-0.2, 0) is 4.79 Å². The number of hydrogen-bond donors (Lipinski definition) is 0. The third-order valence-electron chi connectivity index (χ3n) is 0.904. The van der Waals surface area contributed by atoms with E-state index < -0.39 is 17.5 Å². The zero-order valence-electron chi connectivity index (χ0n) is 5.73. The molecule has 0 bridgehead atoms. The standard InChI is InChI=1S/C6H3F3.CHClO/c7-4-2-1-3-5(8)6(4)9;2-1-3/h1-3H;1H. The minimum atomic E-state index is -1.42. The first kappa shape index (κ1) is 11.0. The van der Waals surface area contributed by atoms with Crippen molar-refractivity contribution in [1.82, 2.24) is 0 Å². The smallest absolute Gasteiger partial charge is 0.208 e. The minimum absolute atomic E-state index is 0.222. The van der Waals surface area contributed by atoms with E-state index in [0.29, 0.717) is 0 Å². The van der Waals surface area contributed by atoms with Gasteiger partial charge >= 0.3 is 0 Å². The molecular formula is C7H4ClF3O. The molecule has 0 N–H and O–H groups in total. The zero-order valence-corrected chi connectivity index (χ0v) is 6.49. The fraction of sp³-hybridized carbons (Fsp3) is 0. The van der Waals surface area contributed by atoms with Gasteiger partial charge in [-0.1, -0.05) is 6.07 Å². The van der Waals surface area contributed by atoms with Gasteiger partial charge in [0.05, 0.1) is 0 Å². The summed E-state index contributed by atoms with van der Waals surface area (Å²) in [7, 11) is 0. The Hall–Kier alpha value is -1.03. The number of benzene rings is 1. The van der Waals surface area contributed by atoms with E-state index in [4.69, 9.17) is 4.79 Å². The highest BCUT2D eigenvalue weighted by atomic mass is 35.5. The SMILES string of the molecule is Fc1cccc(F)c1F.O=CCl. The van der Waals surface area contributed by atoms with E-state index in [9.17, 15) is 13.2 Å². The average molecular weight is 197 g/mol. The highest BCUT2D eigenvalue weighted by Crippen LogP contribution is 2.07. The number of carbonyl (C=O) groups is 1. The predicted octanol–water partition coefficient (Wildman–Crippen LogP) is 2.52. The molecular weight excluding hydrogens is 193 g/mol. The average Bonchev–Trinajstić information content (AvgIpc) is 2.02. The van der Waals surface area contributed by atoms with Crippen molar-refractivity contribution < 1.29 is 18.0 Å². The van der Waals surface area contributed by atoms with Crippen LogP contribution in [0.5, 0.6) is 0 Å². The molecule has 12 heavy (non-hydrogen) atoms. The van der Waals surface area contributed by atoms with Crippen LogP contribution >= 0.6 is 11.6 Å². The lowest BCUT2D eigenvalue weighted by Gasteiger charge is -1.90. The number of carbonyl (C=O) groups excluding carboxylic acids is 1. The summed E-state index contributed by atoms with van der Waals surface area (Å²) in [5.74, 6) is -3.51. The second-order valence-electron chi connectivity index (χ2n) is 1.62. The molecule has 0 fully saturated rings. The maximum absolute atomic E-state index is 12.0. The Balaban J connectivity index is 0.000000354. The van der Waals surface area contributed by atoms with E-state index in [1.54, 1.807) is 0 Å². The highest BCUT2D eigenvalue weighted by Gasteiger charge is 2.04. The van der Waals surface area contributed by atoms with Gasteiger partial charge in [-0.15, -0.1) is 0 Å². The van der Waals surface area contributed by atoms with Crippen LogP contribution in [0.25, 0.3) is 0 Å². The second-order valence-corrected chi connectivity index (χ2v) is 1.80. The molecule has 0 saturated heterocycles. The largest absolute Gasteiger partial charge is 0.285 e. The summed E-state index contributed by atoms with van der Waals surface area (Å²) < 4.78 is 35.9. The highest BCUT2D eigenvalue weighted by molar-refractivity contribution is 6.54. The van der Waals surface area contributed by atoms with E-state index >= 15 is 0 Å². The Morgan fingerprint density at radius 3 is 1.75 bits per heavy atom. The molecule has 0 radical (unpaired) electrons. The maximum Gasteiger partial charge on any atom is 0.208 e. The van der Waals surface area contributed by atoms with Gasteiger partial charge in [0.2, 0.25) is 5.75 Å². The van der Waals surface area contributed by atoms with Gasteiger partial charge in [0, 0.05) is 0 Å². The van der Waals surface area contributed by atoms with Crippen LogP contribution in [0.2, 0.25) is 0 Å².